The van der Waals surface area contributed by atoms with E-state index in [0.29, 0.717) is 31.9 Å². The Morgan fingerprint density at radius 2 is 1.95 bits per heavy atom. The van der Waals surface area contributed by atoms with Crippen molar-refractivity contribution in [1.29, 1.82) is 0 Å². The van der Waals surface area contributed by atoms with Gasteiger partial charge in [-0.25, -0.2) is 0 Å². The van der Waals surface area contributed by atoms with E-state index in [1.165, 1.54) is 0 Å². The number of carbonyl (C=O) groups excluding carboxylic acids is 1. The summed E-state index contributed by atoms with van der Waals surface area (Å²) in [6.07, 6.45) is 0.558. The first-order valence-corrected chi connectivity index (χ1v) is 7.28. The van der Waals surface area contributed by atoms with Gasteiger partial charge in [0.25, 0.3) is 5.91 Å². The van der Waals surface area contributed by atoms with E-state index in [1.54, 1.807) is 0 Å². The van der Waals surface area contributed by atoms with E-state index < -0.39 is 0 Å². The van der Waals surface area contributed by atoms with E-state index in [1.807, 2.05) is 36.1 Å². The van der Waals surface area contributed by atoms with Gasteiger partial charge in [0.15, 0.2) is 6.29 Å². The molecule has 1 aromatic rings. The summed E-state index contributed by atoms with van der Waals surface area (Å²) in [7, 11) is 0. The van der Waals surface area contributed by atoms with Crippen LogP contribution >= 0.6 is 15.9 Å². The van der Waals surface area contributed by atoms with Crippen molar-refractivity contribution in [3.63, 3.8) is 0 Å². The largest absolute Gasteiger partial charge is 0.350 e. The summed E-state index contributed by atoms with van der Waals surface area (Å²) >= 11 is 3.37. The fraction of sp³-hybridized carbons (Fsp3) is 0.500. The third-order valence-corrected chi connectivity index (χ3v) is 3.61. The van der Waals surface area contributed by atoms with Crippen LogP contribution in [0.25, 0.3) is 0 Å². The van der Waals surface area contributed by atoms with Gasteiger partial charge in [-0.3, -0.25) is 4.79 Å². The van der Waals surface area contributed by atoms with Gasteiger partial charge in [0.2, 0.25) is 0 Å². The molecule has 4 nitrogen and oxygen atoms in total. The predicted octanol–water partition coefficient (Wildman–Crippen LogP) is 2.67. The van der Waals surface area contributed by atoms with E-state index in [2.05, 4.69) is 15.9 Å². The molecule has 19 heavy (non-hydrogen) atoms. The molecular formula is C14H18BrNO3. The van der Waals surface area contributed by atoms with Crippen LogP contribution in [0.1, 0.15) is 23.7 Å². The monoisotopic (exact) mass is 327 g/mol. The molecule has 1 saturated heterocycles. The van der Waals surface area contributed by atoms with Gasteiger partial charge in [0, 0.05) is 29.5 Å². The Morgan fingerprint density at radius 3 is 2.53 bits per heavy atom. The lowest BCUT2D eigenvalue weighted by molar-refractivity contribution is -0.0500. The van der Waals surface area contributed by atoms with Gasteiger partial charge in [-0.1, -0.05) is 15.9 Å². The van der Waals surface area contributed by atoms with Crippen LogP contribution in [0.4, 0.5) is 0 Å². The van der Waals surface area contributed by atoms with Crippen LogP contribution in [-0.2, 0) is 9.47 Å². The Kier molecular flexibility index (Phi) is 5.36. The minimum Gasteiger partial charge on any atom is -0.350 e. The van der Waals surface area contributed by atoms with Crippen molar-refractivity contribution in [1.82, 2.24) is 4.90 Å². The highest BCUT2D eigenvalue weighted by molar-refractivity contribution is 9.10. The molecule has 1 amide bonds. The minimum absolute atomic E-state index is 0.0491. The maximum absolute atomic E-state index is 12.3. The van der Waals surface area contributed by atoms with Crippen LogP contribution in [-0.4, -0.2) is 43.4 Å². The summed E-state index contributed by atoms with van der Waals surface area (Å²) in [6, 6.07) is 7.42. The maximum Gasteiger partial charge on any atom is 0.253 e. The third kappa shape index (κ3) is 4.03. The molecule has 1 heterocycles. The average molecular weight is 328 g/mol. The molecular weight excluding hydrogens is 310 g/mol. The normalized spacial score (nSPS) is 15.7. The lowest BCUT2D eigenvalue weighted by Gasteiger charge is -2.22. The topological polar surface area (TPSA) is 38.8 Å². The zero-order chi connectivity index (χ0) is 13.7. The van der Waals surface area contributed by atoms with E-state index in [-0.39, 0.29) is 12.2 Å². The zero-order valence-corrected chi connectivity index (χ0v) is 12.6. The van der Waals surface area contributed by atoms with Crippen LogP contribution in [0.3, 0.4) is 0 Å². The standard InChI is InChI=1S/C14H18BrNO3/c1-2-16(8-7-13-18-9-10-19-13)14(17)11-3-5-12(15)6-4-11/h3-6,13H,2,7-10H2,1H3. The summed E-state index contributed by atoms with van der Waals surface area (Å²) in [5.74, 6) is 0.0491. The lowest BCUT2D eigenvalue weighted by atomic mass is 10.2. The van der Waals surface area contributed by atoms with Crippen molar-refractivity contribution in [3.8, 4) is 0 Å². The van der Waals surface area contributed by atoms with Crippen LogP contribution in [0.5, 0.6) is 0 Å². The van der Waals surface area contributed by atoms with Gasteiger partial charge in [-0.2, -0.15) is 0 Å². The van der Waals surface area contributed by atoms with Gasteiger partial charge in [-0.05, 0) is 31.2 Å². The van der Waals surface area contributed by atoms with E-state index in [9.17, 15) is 4.79 Å². The van der Waals surface area contributed by atoms with Gasteiger partial charge in [0.1, 0.15) is 0 Å². The quantitative estimate of drug-likeness (QED) is 0.834. The fourth-order valence-electron chi connectivity index (χ4n) is 2.01. The van der Waals surface area contributed by atoms with Crippen LogP contribution in [0, 0.1) is 0 Å². The van der Waals surface area contributed by atoms with E-state index >= 15 is 0 Å². The highest BCUT2D eigenvalue weighted by atomic mass is 79.9. The van der Waals surface area contributed by atoms with Crippen molar-refractivity contribution in [3.05, 3.63) is 34.3 Å². The number of carbonyl (C=O) groups is 1. The second-order valence-corrected chi connectivity index (χ2v) is 5.27. The molecule has 2 rings (SSSR count). The molecule has 1 fully saturated rings. The number of halogens is 1. The van der Waals surface area contributed by atoms with Crippen molar-refractivity contribution in [2.24, 2.45) is 0 Å². The van der Waals surface area contributed by atoms with Crippen molar-refractivity contribution in [2.45, 2.75) is 19.6 Å². The lowest BCUT2D eigenvalue weighted by Crippen LogP contribution is -2.33. The van der Waals surface area contributed by atoms with Gasteiger partial charge in [-0.15, -0.1) is 0 Å². The molecule has 0 N–H and O–H groups in total. The number of benzene rings is 1. The SMILES string of the molecule is CCN(CCC1OCCO1)C(=O)c1ccc(Br)cc1. The molecule has 1 aliphatic rings. The van der Waals surface area contributed by atoms with Crippen LogP contribution in [0.15, 0.2) is 28.7 Å². The summed E-state index contributed by atoms with van der Waals surface area (Å²) < 4.78 is 11.7. The van der Waals surface area contributed by atoms with Gasteiger partial charge < -0.3 is 14.4 Å². The molecule has 104 valence electrons. The van der Waals surface area contributed by atoms with Crippen molar-refractivity contribution < 1.29 is 14.3 Å². The van der Waals surface area contributed by atoms with Gasteiger partial charge in [0.05, 0.1) is 13.2 Å². The van der Waals surface area contributed by atoms with Crippen LogP contribution in [0.2, 0.25) is 0 Å². The molecule has 0 saturated carbocycles. The Morgan fingerprint density at radius 1 is 1.32 bits per heavy atom. The molecule has 0 radical (unpaired) electrons. The average Bonchev–Trinajstić information content (AvgIpc) is 2.93. The Hall–Kier alpha value is -0.910. The summed E-state index contributed by atoms with van der Waals surface area (Å²) in [4.78, 5) is 14.1. The number of hydrogen-bond acceptors (Lipinski definition) is 3. The number of hydrogen-bond donors (Lipinski definition) is 0. The summed E-state index contributed by atoms with van der Waals surface area (Å²) in [5.41, 5.74) is 0.707. The third-order valence-electron chi connectivity index (χ3n) is 3.09. The molecule has 1 aliphatic heterocycles. The minimum atomic E-state index is -0.160. The molecule has 0 aromatic heterocycles. The molecule has 0 atom stereocenters. The number of rotatable bonds is 5. The molecule has 0 spiro atoms. The second-order valence-electron chi connectivity index (χ2n) is 4.35. The molecule has 1 aromatic carbocycles. The Labute approximate surface area is 121 Å². The predicted molar refractivity (Wildman–Crippen MR) is 76.0 cm³/mol. The number of nitrogens with zero attached hydrogens (tertiary/aromatic N) is 1. The van der Waals surface area contributed by atoms with Crippen molar-refractivity contribution in [2.75, 3.05) is 26.3 Å². The van der Waals surface area contributed by atoms with Crippen LogP contribution < -0.4 is 0 Å². The summed E-state index contributed by atoms with van der Waals surface area (Å²) in [6.45, 7) is 4.61. The van der Waals surface area contributed by atoms with Gasteiger partial charge >= 0.3 is 0 Å². The highest BCUT2D eigenvalue weighted by Crippen LogP contribution is 2.14. The number of ether oxygens (including phenoxy) is 2. The maximum atomic E-state index is 12.3. The highest BCUT2D eigenvalue weighted by Gasteiger charge is 2.19. The first kappa shape index (κ1) is 14.5. The fourth-order valence-corrected chi connectivity index (χ4v) is 2.28. The Balaban J connectivity index is 1.92. The second kappa shape index (κ2) is 7.03. The molecule has 0 unspecified atom stereocenters. The zero-order valence-electron chi connectivity index (χ0n) is 11.0. The van der Waals surface area contributed by atoms with E-state index in [0.717, 1.165) is 10.9 Å². The number of amides is 1. The Bertz CT molecular complexity index is 415. The molecule has 5 heteroatoms. The molecule has 0 aliphatic carbocycles. The smallest absolute Gasteiger partial charge is 0.253 e. The molecule has 0 bridgehead atoms. The van der Waals surface area contributed by atoms with Crippen molar-refractivity contribution >= 4 is 21.8 Å². The van der Waals surface area contributed by atoms with E-state index in [4.69, 9.17) is 9.47 Å². The first-order valence-electron chi connectivity index (χ1n) is 6.48. The summed E-state index contributed by atoms with van der Waals surface area (Å²) in [5, 5.41) is 0. The first-order chi connectivity index (χ1) is 9.20.